The Kier molecular flexibility index (Phi) is 5.52. The number of hydrogen-bond donors (Lipinski definition) is 1. The Morgan fingerprint density at radius 2 is 2.00 bits per heavy atom. The zero-order valence-corrected chi connectivity index (χ0v) is 16.7. The smallest absolute Gasteiger partial charge is 0.130 e. The third kappa shape index (κ3) is 4.16. The molecule has 144 valence electrons. The van der Waals surface area contributed by atoms with Crippen LogP contribution in [0.5, 0.6) is 0 Å². The number of piperidine rings is 1. The van der Waals surface area contributed by atoms with Crippen molar-refractivity contribution in [3.63, 3.8) is 0 Å². The van der Waals surface area contributed by atoms with Crippen LogP contribution in [0.25, 0.3) is 6.08 Å². The number of likely N-dealkylation sites (tertiary alicyclic amines) is 1. The van der Waals surface area contributed by atoms with Gasteiger partial charge in [-0.15, -0.1) is 0 Å². The zero-order chi connectivity index (χ0) is 18.9. The van der Waals surface area contributed by atoms with Gasteiger partial charge in [-0.1, -0.05) is 23.8 Å². The fraction of sp³-hybridized carbons (Fsp3) is 0.600. The van der Waals surface area contributed by atoms with E-state index < -0.39 is 5.67 Å². The molecule has 2 aliphatic rings. The van der Waals surface area contributed by atoms with E-state index in [-0.39, 0.29) is 5.60 Å². The molecule has 0 unspecified atom stereocenters. The van der Waals surface area contributed by atoms with Crippen LogP contribution in [0.15, 0.2) is 18.2 Å². The molecule has 2 N–H and O–H groups in total. The topological polar surface area (TPSA) is 41.7 Å². The summed E-state index contributed by atoms with van der Waals surface area (Å²) >= 11 is 6.13. The Bertz CT molecular complexity index is 684. The van der Waals surface area contributed by atoms with Crippen LogP contribution in [-0.4, -0.2) is 56.0 Å². The highest BCUT2D eigenvalue weighted by molar-refractivity contribution is 6.33. The van der Waals surface area contributed by atoms with Crippen molar-refractivity contribution in [3.05, 3.63) is 28.8 Å². The average molecular weight is 382 g/mol. The molecule has 0 atom stereocenters. The van der Waals surface area contributed by atoms with E-state index >= 15 is 4.39 Å². The molecule has 0 amide bonds. The van der Waals surface area contributed by atoms with Gasteiger partial charge in [-0.25, -0.2) is 4.39 Å². The molecule has 1 fully saturated rings. The molecule has 4 nitrogen and oxygen atoms in total. The van der Waals surface area contributed by atoms with Gasteiger partial charge in [0.25, 0.3) is 0 Å². The van der Waals surface area contributed by atoms with E-state index in [0.29, 0.717) is 36.6 Å². The first-order valence-corrected chi connectivity index (χ1v) is 9.57. The lowest BCUT2D eigenvalue weighted by molar-refractivity contribution is -0.0267. The molecule has 0 saturated carbocycles. The van der Waals surface area contributed by atoms with E-state index in [4.69, 9.17) is 22.1 Å². The molecule has 1 aromatic rings. The lowest BCUT2D eigenvalue weighted by Gasteiger charge is -2.42. The summed E-state index contributed by atoms with van der Waals surface area (Å²) in [5.41, 5.74) is 7.13. The van der Waals surface area contributed by atoms with Crippen molar-refractivity contribution in [2.45, 2.75) is 38.0 Å². The third-order valence-corrected chi connectivity index (χ3v) is 5.87. The number of halogens is 2. The van der Waals surface area contributed by atoms with Crippen LogP contribution >= 0.6 is 11.6 Å². The van der Waals surface area contributed by atoms with Crippen molar-refractivity contribution in [1.29, 1.82) is 0 Å². The summed E-state index contributed by atoms with van der Waals surface area (Å²) in [6.45, 7) is 7.54. The van der Waals surface area contributed by atoms with Gasteiger partial charge in [0.1, 0.15) is 5.67 Å². The average Bonchev–Trinajstić information content (AvgIpc) is 2.61. The van der Waals surface area contributed by atoms with Crippen LogP contribution in [0.1, 0.15) is 32.3 Å². The Morgan fingerprint density at radius 1 is 1.31 bits per heavy atom. The molecule has 0 radical (unpaired) electrons. The molecule has 0 bridgehead atoms. The van der Waals surface area contributed by atoms with Gasteiger partial charge in [0.05, 0.1) is 22.9 Å². The van der Waals surface area contributed by atoms with Crippen LogP contribution in [0.2, 0.25) is 5.02 Å². The Hall–Kier alpha value is -1.30. The number of ether oxygens (including phenoxy) is 1. The fourth-order valence-electron chi connectivity index (χ4n) is 3.81. The number of nitrogens with zero attached hydrogens (tertiary/aromatic N) is 2. The van der Waals surface area contributed by atoms with Gasteiger partial charge >= 0.3 is 0 Å². The van der Waals surface area contributed by atoms with Crippen molar-refractivity contribution in [2.24, 2.45) is 0 Å². The molecule has 0 spiro atoms. The Morgan fingerprint density at radius 3 is 2.65 bits per heavy atom. The van der Waals surface area contributed by atoms with E-state index in [9.17, 15) is 0 Å². The highest BCUT2D eigenvalue weighted by Gasteiger charge is 2.38. The number of rotatable bonds is 5. The van der Waals surface area contributed by atoms with Crippen molar-refractivity contribution in [3.8, 4) is 0 Å². The quantitative estimate of drug-likeness (QED) is 0.783. The van der Waals surface area contributed by atoms with E-state index in [1.165, 1.54) is 0 Å². The molecule has 0 aromatic heterocycles. The van der Waals surface area contributed by atoms with Crippen LogP contribution in [0.3, 0.4) is 0 Å². The minimum Gasteiger partial charge on any atom is -0.397 e. The number of fused-ring (bicyclic) bond motifs is 1. The monoisotopic (exact) mass is 381 g/mol. The largest absolute Gasteiger partial charge is 0.397 e. The maximum atomic E-state index is 15.5. The van der Waals surface area contributed by atoms with Crippen molar-refractivity contribution in [1.82, 2.24) is 4.90 Å². The maximum Gasteiger partial charge on any atom is 0.130 e. The fourth-order valence-corrected chi connectivity index (χ4v) is 3.97. The SMILES string of the molecule is COC(C)(C)CN1CCC(F)(CN2CC=Cc3c2ccc(Cl)c3N)CC1. The predicted octanol–water partition coefficient (Wildman–Crippen LogP) is 3.98. The van der Waals surface area contributed by atoms with Gasteiger partial charge in [-0.3, -0.25) is 0 Å². The Balaban J connectivity index is 1.66. The van der Waals surface area contributed by atoms with Crippen LogP contribution in [0, 0.1) is 0 Å². The van der Waals surface area contributed by atoms with E-state index in [2.05, 4.69) is 23.6 Å². The van der Waals surface area contributed by atoms with Gasteiger partial charge in [-0.2, -0.15) is 0 Å². The van der Waals surface area contributed by atoms with E-state index in [1.807, 2.05) is 18.2 Å². The summed E-state index contributed by atoms with van der Waals surface area (Å²) in [6, 6.07) is 3.74. The van der Waals surface area contributed by atoms with Gasteiger partial charge in [0.15, 0.2) is 0 Å². The first-order chi connectivity index (χ1) is 12.2. The molecule has 26 heavy (non-hydrogen) atoms. The molecule has 3 rings (SSSR count). The maximum absolute atomic E-state index is 15.5. The number of anilines is 2. The molecule has 6 heteroatoms. The summed E-state index contributed by atoms with van der Waals surface area (Å²) in [4.78, 5) is 4.37. The summed E-state index contributed by atoms with van der Waals surface area (Å²) in [7, 11) is 1.72. The summed E-state index contributed by atoms with van der Waals surface area (Å²) < 4.78 is 21.0. The minimum absolute atomic E-state index is 0.205. The standard InChI is InChI=1S/C20H29ClFN3O/c1-19(2,26-3)13-24-11-8-20(22,9-12-24)14-25-10-4-5-15-17(25)7-6-16(21)18(15)23/h4-7H,8-14,23H2,1-3H3. The normalized spacial score (nSPS) is 20.3. The summed E-state index contributed by atoms with van der Waals surface area (Å²) in [5.74, 6) is 0. The van der Waals surface area contributed by atoms with Crippen molar-refractivity contribution >= 4 is 29.1 Å². The lowest BCUT2D eigenvalue weighted by atomic mass is 9.91. The number of methoxy groups -OCH3 is 1. The highest BCUT2D eigenvalue weighted by Crippen LogP contribution is 2.37. The third-order valence-electron chi connectivity index (χ3n) is 5.55. The molecule has 2 aliphatic heterocycles. The predicted molar refractivity (Wildman–Crippen MR) is 108 cm³/mol. The highest BCUT2D eigenvalue weighted by atomic mass is 35.5. The molecule has 0 aliphatic carbocycles. The van der Waals surface area contributed by atoms with Gasteiger partial charge < -0.3 is 20.3 Å². The lowest BCUT2D eigenvalue weighted by Crippen LogP contribution is -2.51. The second-order valence-electron chi connectivity index (χ2n) is 8.07. The minimum atomic E-state index is -1.19. The van der Waals surface area contributed by atoms with Crippen molar-refractivity contribution < 1.29 is 9.13 Å². The number of benzene rings is 1. The van der Waals surface area contributed by atoms with Crippen LogP contribution < -0.4 is 10.6 Å². The second-order valence-corrected chi connectivity index (χ2v) is 8.47. The van der Waals surface area contributed by atoms with Crippen LogP contribution in [0.4, 0.5) is 15.8 Å². The first-order valence-electron chi connectivity index (χ1n) is 9.19. The van der Waals surface area contributed by atoms with Gasteiger partial charge in [0.2, 0.25) is 0 Å². The Labute approximate surface area is 160 Å². The molecular weight excluding hydrogens is 353 g/mol. The number of nitrogens with two attached hydrogens (primary N) is 1. The summed E-state index contributed by atoms with van der Waals surface area (Å²) in [6.07, 6.45) is 5.07. The van der Waals surface area contributed by atoms with E-state index in [0.717, 1.165) is 30.9 Å². The van der Waals surface area contributed by atoms with Crippen molar-refractivity contribution in [2.75, 3.05) is 50.5 Å². The number of alkyl halides is 1. The molecule has 2 heterocycles. The van der Waals surface area contributed by atoms with Gasteiger partial charge in [-0.05, 0) is 38.8 Å². The zero-order valence-electron chi connectivity index (χ0n) is 15.9. The van der Waals surface area contributed by atoms with Crippen LogP contribution in [-0.2, 0) is 4.74 Å². The van der Waals surface area contributed by atoms with Gasteiger partial charge in [0, 0.05) is 44.5 Å². The first kappa shape index (κ1) is 19.5. The molecule has 1 saturated heterocycles. The molecular formula is C20H29ClFN3O. The number of hydrogen-bond acceptors (Lipinski definition) is 4. The second kappa shape index (κ2) is 7.37. The number of nitrogen functional groups attached to an aromatic ring is 1. The summed E-state index contributed by atoms with van der Waals surface area (Å²) in [5, 5.41) is 0.541. The molecule has 1 aromatic carbocycles. The van der Waals surface area contributed by atoms with E-state index in [1.54, 1.807) is 13.2 Å².